The summed E-state index contributed by atoms with van der Waals surface area (Å²) in [7, 11) is 2.20. The molecular weight excluding hydrogens is 230 g/mol. The average molecular weight is 263 g/mol. The molecule has 3 aliphatic rings. The lowest BCUT2D eigenvalue weighted by molar-refractivity contribution is 0.255. The second-order valence-electron chi connectivity index (χ2n) is 7.75. The van der Waals surface area contributed by atoms with Crippen LogP contribution in [0.2, 0.25) is 0 Å². The molecule has 19 heavy (non-hydrogen) atoms. The largest absolute Gasteiger partial charge is 0.317 e. The van der Waals surface area contributed by atoms with Crippen molar-refractivity contribution < 1.29 is 0 Å². The Bertz CT molecular complexity index is 267. The van der Waals surface area contributed by atoms with Gasteiger partial charge < -0.3 is 5.32 Å². The van der Waals surface area contributed by atoms with E-state index in [2.05, 4.69) is 12.4 Å². The maximum atomic E-state index is 3.66. The number of hydrogen-bond acceptors (Lipinski definition) is 1. The lowest BCUT2D eigenvalue weighted by Crippen LogP contribution is -2.31. The molecule has 0 heterocycles. The van der Waals surface area contributed by atoms with E-state index < -0.39 is 0 Å². The Morgan fingerprint density at radius 3 is 2.26 bits per heavy atom. The van der Waals surface area contributed by atoms with Crippen molar-refractivity contribution in [1.82, 2.24) is 5.32 Å². The first-order valence-corrected chi connectivity index (χ1v) is 9.02. The van der Waals surface area contributed by atoms with Crippen molar-refractivity contribution in [2.24, 2.45) is 23.7 Å². The first-order valence-electron chi connectivity index (χ1n) is 9.02. The Morgan fingerprint density at radius 1 is 0.895 bits per heavy atom. The molecule has 3 aliphatic carbocycles. The quantitative estimate of drug-likeness (QED) is 0.705. The molecule has 0 aromatic rings. The summed E-state index contributed by atoms with van der Waals surface area (Å²) < 4.78 is 0. The van der Waals surface area contributed by atoms with Crippen molar-refractivity contribution in [1.29, 1.82) is 0 Å². The molecule has 3 fully saturated rings. The highest BCUT2D eigenvalue weighted by Gasteiger charge is 2.40. The third-order valence-corrected chi connectivity index (χ3v) is 6.47. The van der Waals surface area contributed by atoms with Gasteiger partial charge in [-0.15, -0.1) is 0 Å². The van der Waals surface area contributed by atoms with Crippen LogP contribution in [-0.2, 0) is 0 Å². The van der Waals surface area contributed by atoms with Gasteiger partial charge in [0.05, 0.1) is 0 Å². The molecule has 0 aliphatic heterocycles. The molecule has 1 heteroatoms. The van der Waals surface area contributed by atoms with Crippen LogP contribution in [0.3, 0.4) is 0 Å². The fourth-order valence-electron chi connectivity index (χ4n) is 5.36. The van der Waals surface area contributed by atoms with Crippen LogP contribution in [0.15, 0.2) is 0 Å². The highest BCUT2D eigenvalue weighted by atomic mass is 14.9. The Labute approximate surface area is 119 Å². The lowest BCUT2D eigenvalue weighted by Gasteiger charge is -2.29. The molecule has 4 atom stereocenters. The number of hydrogen-bond donors (Lipinski definition) is 1. The van der Waals surface area contributed by atoms with Crippen LogP contribution in [0.25, 0.3) is 0 Å². The fourth-order valence-corrected chi connectivity index (χ4v) is 5.36. The van der Waals surface area contributed by atoms with Crippen LogP contribution in [0.1, 0.15) is 77.0 Å². The molecule has 110 valence electrons. The first kappa shape index (κ1) is 13.9. The van der Waals surface area contributed by atoms with E-state index in [0.717, 1.165) is 29.7 Å². The predicted octanol–water partition coefficient (Wildman–Crippen LogP) is 4.76. The van der Waals surface area contributed by atoms with Crippen LogP contribution in [-0.4, -0.2) is 13.1 Å². The predicted molar refractivity (Wildman–Crippen MR) is 82.2 cm³/mol. The van der Waals surface area contributed by atoms with Crippen molar-refractivity contribution in [3.05, 3.63) is 0 Å². The minimum Gasteiger partial charge on any atom is -0.317 e. The summed E-state index contributed by atoms with van der Waals surface area (Å²) in [5.41, 5.74) is 0. The van der Waals surface area contributed by atoms with Crippen molar-refractivity contribution in [2.45, 2.75) is 83.1 Å². The minimum absolute atomic E-state index is 0.812. The SMILES string of the molecule is CNC(CC1CCCCCC1)CC1CC2CCC1C2. The molecule has 3 saturated carbocycles. The van der Waals surface area contributed by atoms with Crippen molar-refractivity contribution >= 4 is 0 Å². The third kappa shape index (κ3) is 3.54. The minimum atomic E-state index is 0.812. The Hall–Kier alpha value is -0.0400. The van der Waals surface area contributed by atoms with E-state index in [9.17, 15) is 0 Å². The summed E-state index contributed by atoms with van der Waals surface area (Å²) in [6.07, 6.45) is 18.2. The number of fused-ring (bicyclic) bond motifs is 2. The van der Waals surface area contributed by atoms with E-state index in [1.54, 1.807) is 25.7 Å². The number of rotatable bonds is 5. The molecule has 4 unspecified atom stereocenters. The van der Waals surface area contributed by atoms with Gasteiger partial charge in [0.1, 0.15) is 0 Å². The second kappa shape index (κ2) is 6.61. The molecule has 2 bridgehead atoms. The van der Waals surface area contributed by atoms with Gasteiger partial charge in [-0.3, -0.25) is 0 Å². The van der Waals surface area contributed by atoms with Gasteiger partial charge in [0.25, 0.3) is 0 Å². The summed E-state index contributed by atoms with van der Waals surface area (Å²) in [5, 5.41) is 3.66. The molecule has 0 spiro atoms. The molecule has 1 N–H and O–H groups in total. The third-order valence-electron chi connectivity index (χ3n) is 6.47. The maximum Gasteiger partial charge on any atom is 0.00694 e. The molecular formula is C18H33N. The summed E-state index contributed by atoms with van der Waals surface area (Å²) in [6, 6.07) is 0.812. The second-order valence-corrected chi connectivity index (χ2v) is 7.75. The van der Waals surface area contributed by atoms with Gasteiger partial charge in [0.2, 0.25) is 0 Å². The van der Waals surface area contributed by atoms with Crippen molar-refractivity contribution in [2.75, 3.05) is 7.05 Å². The van der Waals surface area contributed by atoms with Gasteiger partial charge >= 0.3 is 0 Å². The molecule has 0 aromatic heterocycles. The molecule has 0 aromatic carbocycles. The van der Waals surface area contributed by atoms with Crippen molar-refractivity contribution in [3.8, 4) is 0 Å². The highest BCUT2D eigenvalue weighted by molar-refractivity contribution is 4.92. The van der Waals surface area contributed by atoms with E-state index in [-0.39, 0.29) is 0 Å². The molecule has 0 radical (unpaired) electrons. The van der Waals surface area contributed by atoms with Crippen LogP contribution in [0.4, 0.5) is 0 Å². The van der Waals surface area contributed by atoms with Gasteiger partial charge in [0, 0.05) is 6.04 Å². The van der Waals surface area contributed by atoms with Crippen LogP contribution >= 0.6 is 0 Å². The van der Waals surface area contributed by atoms with Gasteiger partial charge in [0.15, 0.2) is 0 Å². The first-order chi connectivity index (χ1) is 9.35. The van der Waals surface area contributed by atoms with Gasteiger partial charge in [-0.2, -0.15) is 0 Å². The summed E-state index contributed by atoms with van der Waals surface area (Å²) >= 11 is 0. The van der Waals surface area contributed by atoms with Crippen molar-refractivity contribution in [3.63, 3.8) is 0 Å². The monoisotopic (exact) mass is 263 g/mol. The molecule has 1 nitrogen and oxygen atoms in total. The Balaban J connectivity index is 1.47. The smallest absolute Gasteiger partial charge is 0.00694 e. The summed E-state index contributed by atoms with van der Waals surface area (Å²) in [5.74, 6) is 4.32. The summed E-state index contributed by atoms with van der Waals surface area (Å²) in [4.78, 5) is 0. The molecule has 3 rings (SSSR count). The zero-order valence-corrected chi connectivity index (χ0v) is 12.9. The van der Waals surface area contributed by atoms with E-state index in [1.165, 1.54) is 51.4 Å². The van der Waals surface area contributed by atoms with Crippen LogP contribution < -0.4 is 5.32 Å². The summed E-state index contributed by atoms with van der Waals surface area (Å²) in [6.45, 7) is 0. The Morgan fingerprint density at radius 2 is 1.68 bits per heavy atom. The maximum absolute atomic E-state index is 3.66. The van der Waals surface area contributed by atoms with E-state index in [4.69, 9.17) is 0 Å². The van der Waals surface area contributed by atoms with Gasteiger partial charge in [-0.05, 0) is 62.8 Å². The zero-order valence-electron chi connectivity index (χ0n) is 12.9. The Kier molecular flexibility index (Phi) is 4.84. The van der Waals surface area contributed by atoms with Crippen LogP contribution in [0, 0.1) is 23.7 Å². The number of nitrogens with one attached hydrogen (secondary N) is 1. The lowest BCUT2D eigenvalue weighted by atomic mass is 9.81. The van der Waals surface area contributed by atoms with Gasteiger partial charge in [-0.25, -0.2) is 0 Å². The standard InChI is InChI=1S/C18H33N/c1-19-18(12-14-6-4-2-3-5-7-14)13-17-11-15-8-9-16(17)10-15/h14-19H,2-13H2,1H3. The van der Waals surface area contributed by atoms with E-state index in [0.29, 0.717) is 0 Å². The van der Waals surface area contributed by atoms with E-state index >= 15 is 0 Å². The normalized spacial score (nSPS) is 37.4. The van der Waals surface area contributed by atoms with E-state index in [1.807, 2.05) is 0 Å². The zero-order chi connectivity index (χ0) is 13.1. The molecule has 0 amide bonds. The fraction of sp³-hybridized carbons (Fsp3) is 1.00. The highest BCUT2D eigenvalue weighted by Crippen LogP contribution is 2.50. The topological polar surface area (TPSA) is 12.0 Å². The van der Waals surface area contributed by atoms with Crippen LogP contribution in [0.5, 0.6) is 0 Å². The van der Waals surface area contributed by atoms with Gasteiger partial charge in [-0.1, -0.05) is 44.9 Å². The molecule has 0 saturated heterocycles. The average Bonchev–Trinajstić information content (AvgIpc) is 2.94.